The second-order valence-electron chi connectivity index (χ2n) is 3.91. The van der Waals surface area contributed by atoms with Gasteiger partial charge in [-0.05, 0) is 46.1 Å². The summed E-state index contributed by atoms with van der Waals surface area (Å²) in [5, 5.41) is 2.54. The summed E-state index contributed by atoms with van der Waals surface area (Å²) in [5.74, 6) is 0. The predicted molar refractivity (Wildman–Crippen MR) is 71.0 cm³/mol. The minimum atomic E-state index is 1.18. The van der Waals surface area contributed by atoms with Gasteiger partial charge in [0.1, 0.15) is 0 Å². The number of benzene rings is 2. The third kappa shape index (κ3) is 2.13. The fourth-order valence-corrected chi connectivity index (χ4v) is 2.28. The average molecular weight is 261 g/mol. The van der Waals surface area contributed by atoms with Gasteiger partial charge in [-0.2, -0.15) is 0 Å². The van der Waals surface area contributed by atoms with E-state index in [2.05, 4.69) is 72.3 Å². The molecule has 0 bridgehead atoms. The van der Waals surface area contributed by atoms with Crippen molar-refractivity contribution in [2.45, 2.75) is 13.8 Å². The third-order valence-corrected chi connectivity index (χ3v) is 3.22. The Morgan fingerprint density at radius 2 is 1.80 bits per heavy atom. The van der Waals surface area contributed by atoms with Crippen LogP contribution in [0.15, 0.2) is 46.4 Å². The van der Waals surface area contributed by atoms with Crippen molar-refractivity contribution in [2.75, 3.05) is 0 Å². The summed E-state index contributed by atoms with van der Waals surface area (Å²) >= 11 is 3.67. The lowest BCUT2D eigenvalue weighted by Gasteiger charge is -2.04. The standard InChI is InChI=1S/C14H13Br/c1-10(2)9-12-8-7-11-5-3-4-6-13(11)14(12)15/h3-9H,1-2H3. The topological polar surface area (TPSA) is 0 Å². The highest BCUT2D eigenvalue weighted by Crippen LogP contribution is 2.28. The lowest BCUT2D eigenvalue weighted by atomic mass is 10.1. The monoisotopic (exact) mass is 260 g/mol. The van der Waals surface area contributed by atoms with Gasteiger partial charge < -0.3 is 0 Å². The number of fused-ring (bicyclic) bond motifs is 1. The summed E-state index contributed by atoms with van der Waals surface area (Å²) in [6, 6.07) is 12.7. The van der Waals surface area contributed by atoms with Crippen molar-refractivity contribution < 1.29 is 0 Å². The fourth-order valence-electron chi connectivity index (χ4n) is 1.67. The van der Waals surface area contributed by atoms with Crippen molar-refractivity contribution in [1.82, 2.24) is 0 Å². The van der Waals surface area contributed by atoms with E-state index in [1.54, 1.807) is 0 Å². The first-order chi connectivity index (χ1) is 7.18. The molecular weight excluding hydrogens is 248 g/mol. The highest BCUT2D eigenvalue weighted by molar-refractivity contribution is 9.10. The van der Waals surface area contributed by atoms with Crippen LogP contribution in [0.3, 0.4) is 0 Å². The van der Waals surface area contributed by atoms with Crippen LogP contribution >= 0.6 is 15.9 Å². The van der Waals surface area contributed by atoms with Gasteiger partial charge in [-0.1, -0.05) is 48.0 Å². The summed E-state index contributed by atoms with van der Waals surface area (Å²) in [4.78, 5) is 0. The minimum Gasteiger partial charge on any atom is -0.0758 e. The Morgan fingerprint density at radius 1 is 1.07 bits per heavy atom. The molecule has 0 aliphatic heterocycles. The van der Waals surface area contributed by atoms with E-state index in [1.165, 1.54) is 26.4 Å². The Bertz CT molecular complexity index is 520. The van der Waals surface area contributed by atoms with Crippen LogP contribution in [0.4, 0.5) is 0 Å². The van der Waals surface area contributed by atoms with Crippen LogP contribution in [0.5, 0.6) is 0 Å². The lowest BCUT2D eigenvalue weighted by Crippen LogP contribution is -1.80. The number of hydrogen-bond acceptors (Lipinski definition) is 0. The molecule has 0 aromatic heterocycles. The largest absolute Gasteiger partial charge is 0.0758 e. The molecule has 0 atom stereocenters. The molecule has 1 heteroatoms. The smallest absolute Gasteiger partial charge is 0.0326 e. The molecule has 0 amide bonds. The van der Waals surface area contributed by atoms with E-state index < -0.39 is 0 Å². The first kappa shape index (κ1) is 10.4. The zero-order valence-electron chi connectivity index (χ0n) is 8.92. The van der Waals surface area contributed by atoms with Gasteiger partial charge in [0.25, 0.3) is 0 Å². The second-order valence-corrected chi connectivity index (χ2v) is 4.70. The van der Waals surface area contributed by atoms with E-state index >= 15 is 0 Å². The number of halogens is 1. The molecule has 0 saturated heterocycles. The molecule has 0 N–H and O–H groups in total. The Hall–Kier alpha value is -1.08. The summed E-state index contributed by atoms with van der Waals surface area (Å²) in [6.07, 6.45) is 2.19. The van der Waals surface area contributed by atoms with Crippen molar-refractivity contribution in [2.24, 2.45) is 0 Å². The highest BCUT2D eigenvalue weighted by atomic mass is 79.9. The van der Waals surface area contributed by atoms with E-state index in [-0.39, 0.29) is 0 Å². The molecule has 0 unspecified atom stereocenters. The Labute approximate surface area is 98.8 Å². The first-order valence-corrected chi connectivity index (χ1v) is 5.80. The van der Waals surface area contributed by atoms with Gasteiger partial charge >= 0.3 is 0 Å². The molecule has 0 spiro atoms. The SMILES string of the molecule is CC(C)=Cc1ccc2ccccc2c1Br. The molecule has 2 aromatic carbocycles. The Kier molecular flexibility index (Phi) is 2.92. The van der Waals surface area contributed by atoms with Crippen LogP contribution in [-0.4, -0.2) is 0 Å². The van der Waals surface area contributed by atoms with Gasteiger partial charge in [0, 0.05) is 4.47 Å². The molecule has 76 valence electrons. The van der Waals surface area contributed by atoms with Crippen LogP contribution in [0, 0.1) is 0 Å². The van der Waals surface area contributed by atoms with E-state index in [1.807, 2.05) is 0 Å². The van der Waals surface area contributed by atoms with Crippen molar-refractivity contribution in [3.63, 3.8) is 0 Å². The molecular formula is C14H13Br. The van der Waals surface area contributed by atoms with Crippen LogP contribution in [0.25, 0.3) is 16.8 Å². The molecule has 0 aliphatic carbocycles. The Morgan fingerprint density at radius 3 is 2.53 bits per heavy atom. The normalized spacial score (nSPS) is 10.3. The lowest BCUT2D eigenvalue weighted by molar-refractivity contribution is 1.42. The van der Waals surface area contributed by atoms with E-state index in [0.717, 1.165) is 0 Å². The van der Waals surface area contributed by atoms with Gasteiger partial charge in [-0.15, -0.1) is 0 Å². The van der Waals surface area contributed by atoms with Gasteiger partial charge in [-0.3, -0.25) is 0 Å². The maximum atomic E-state index is 3.67. The molecule has 15 heavy (non-hydrogen) atoms. The van der Waals surface area contributed by atoms with Crippen LogP contribution in [0.1, 0.15) is 19.4 Å². The van der Waals surface area contributed by atoms with Crippen molar-refractivity contribution in [3.8, 4) is 0 Å². The van der Waals surface area contributed by atoms with Gasteiger partial charge in [-0.25, -0.2) is 0 Å². The summed E-state index contributed by atoms with van der Waals surface area (Å²) < 4.78 is 1.18. The number of hydrogen-bond donors (Lipinski definition) is 0. The predicted octanol–water partition coefficient (Wildman–Crippen LogP) is 5.03. The molecule has 0 heterocycles. The zero-order chi connectivity index (χ0) is 10.8. The minimum absolute atomic E-state index is 1.18. The molecule has 2 rings (SSSR count). The summed E-state index contributed by atoms with van der Waals surface area (Å²) in [7, 11) is 0. The van der Waals surface area contributed by atoms with E-state index in [0.29, 0.717) is 0 Å². The van der Waals surface area contributed by atoms with Gasteiger partial charge in [0.15, 0.2) is 0 Å². The molecule has 0 saturated carbocycles. The first-order valence-electron chi connectivity index (χ1n) is 5.00. The van der Waals surface area contributed by atoms with Gasteiger partial charge in [0.05, 0.1) is 0 Å². The molecule has 0 radical (unpaired) electrons. The third-order valence-electron chi connectivity index (χ3n) is 2.34. The molecule has 0 nitrogen and oxygen atoms in total. The quantitative estimate of drug-likeness (QED) is 0.675. The molecule has 0 aliphatic rings. The van der Waals surface area contributed by atoms with Crippen molar-refractivity contribution in [1.29, 1.82) is 0 Å². The van der Waals surface area contributed by atoms with Crippen LogP contribution in [0.2, 0.25) is 0 Å². The van der Waals surface area contributed by atoms with Crippen molar-refractivity contribution in [3.05, 3.63) is 52.0 Å². The summed E-state index contributed by atoms with van der Waals surface area (Å²) in [5.41, 5.74) is 2.56. The second kappa shape index (κ2) is 4.19. The van der Waals surface area contributed by atoms with E-state index in [9.17, 15) is 0 Å². The van der Waals surface area contributed by atoms with Crippen LogP contribution < -0.4 is 0 Å². The van der Waals surface area contributed by atoms with Crippen molar-refractivity contribution >= 4 is 32.8 Å². The average Bonchev–Trinajstić information content (AvgIpc) is 2.22. The molecule has 2 aromatic rings. The number of allylic oxidation sites excluding steroid dienone is 1. The Balaban J connectivity index is 2.70. The maximum absolute atomic E-state index is 3.67. The summed E-state index contributed by atoms with van der Waals surface area (Å²) in [6.45, 7) is 4.23. The van der Waals surface area contributed by atoms with Crippen LogP contribution in [-0.2, 0) is 0 Å². The number of rotatable bonds is 1. The zero-order valence-corrected chi connectivity index (χ0v) is 10.5. The highest BCUT2D eigenvalue weighted by Gasteiger charge is 2.01. The van der Waals surface area contributed by atoms with Gasteiger partial charge in [0.2, 0.25) is 0 Å². The van der Waals surface area contributed by atoms with E-state index in [4.69, 9.17) is 0 Å². The molecule has 0 fully saturated rings. The fraction of sp³-hybridized carbons (Fsp3) is 0.143. The maximum Gasteiger partial charge on any atom is 0.0326 e.